The van der Waals surface area contributed by atoms with Gasteiger partial charge in [0.25, 0.3) is 5.91 Å². The Labute approximate surface area is 142 Å². The smallest absolute Gasteiger partial charge is 0.325 e. The van der Waals surface area contributed by atoms with Crippen LogP contribution in [0.3, 0.4) is 0 Å². The topological polar surface area (TPSA) is 91.7 Å². The first-order valence-electron chi connectivity index (χ1n) is 7.13. The molecule has 7 nitrogen and oxygen atoms in total. The Morgan fingerprint density at radius 2 is 2.00 bits per heavy atom. The molecule has 1 atom stereocenters. The third-order valence-corrected chi connectivity index (χ3v) is 3.97. The molecule has 1 aromatic carbocycles. The summed E-state index contributed by atoms with van der Waals surface area (Å²) in [4.78, 5) is 37.6. The van der Waals surface area contributed by atoms with Gasteiger partial charge in [0.1, 0.15) is 12.3 Å². The van der Waals surface area contributed by atoms with Crippen molar-refractivity contribution in [2.75, 3.05) is 11.9 Å². The van der Waals surface area contributed by atoms with Gasteiger partial charge in [-0.15, -0.1) is 0 Å². The van der Waals surface area contributed by atoms with Gasteiger partial charge in [-0.25, -0.2) is 4.79 Å². The van der Waals surface area contributed by atoms with Crippen molar-refractivity contribution in [3.8, 4) is 0 Å². The summed E-state index contributed by atoms with van der Waals surface area (Å²) in [6.45, 7) is 1.13. The SMILES string of the molecule is C[C@@]1(c2ccco2)NC(=O)N(CC(=O)Nc2ccc(Cl)cc2)C1=O. The van der Waals surface area contributed by atoms with E-state index in [0.29, 0.717) is 16.5 Å². The standard InChI is InChI=1S/C16H14ClN3O4/c1-16(12-3-2-8-24-12)14(22)20(15(23)19-16)9-13(21)18-11-6-4-10(17)5-7-11/h2-8H,9H2,1H3,(H,18,21)(H,19,23)/t16-/m0/s1. The van der Waals surface area contributed by atoms with Crippen LogP contribution in [0.1, 0.15) is 12.7 Å². The van der Waals surface area contributed by atoms with Crippen molar-refractivity contribution in [3.05, 3.63) is 53.4 Å². The number of nitrogens with one attached hydrogen (secondary N) is 2. The number of carbonyl (C=O) groups is 3. The molecule has 2 heterocycles. The van der Waals surface area contributed by atoms with E-state index in [2.05, 4.69) is 10.6 Å². The van der Waals surface area contributed by atoms with E-state index < -0.39 is 29.9 Å². The van der Waals surface area contributed by atoms with Crippen LogP contribution in [0.4, 0.5) is 10.5 Å². The molecule has 0 unspecified atom stereocenters. The number of anilines is 1. The van der Waals surface area contributed by atoms with Crippen LogP contribution in [-0.2, 0) is 15.1 Å². The zero-order valence-corrected chi connectivity index (χ0v) is 13.5. The summed E-state index contributed by atoms with van der Waals surface area (Å²) >= 11 is 5.78. The minimum atomic E-state index is -1.32. The van der Waals surface area contributed by atoms with Gasteiger partial charge < -0.3 is 15.1 Å². The average molecular weight is 348 g/mol. The van der Waals surface area contributed by atoms with Crippen LogP contribution in [0.15, 0.2) is 47.1 Å². The lowest BCUT2D eigenvalue weighted by Crippen LogP contribution is -2.41. The molecular formula is C16H14ClN3O4. The van der Waals surface area contributed by atoms with Crippen molar-refractivity contribution in [2.45, 2.75) is 12.5 Å². The fourth-order valence-electron chi connectivity index (χ4n) is 2.45. The largest absolute Gasteiger partial charge is 0.466 e. The van der Waals surface area contributed by atoms with Gasteiger partial charge in [-0.2, -0.15) is 0 Å². The molecule has 0 bridgehead atoms. The Balaban J connectivity index is 1.71. The Morgan fingerprint density at radius 1 is 1.29 bits per heavy atom. The first kappa shape index (κ1) is 16.1. The zero-order valence-electron chi connectivity index (χ0n) is 12.7. The van der Waals surface area contributed by atoms with Gasteiger partial charge in [0, 0.05) is 10.7 Å². The highest BCUT2D eigenvalue weighted by Gasteiger charge is 2.51. The lowest BCUT2D eigenvalue weighted by molar-refractivity contribution is -0.134. The third kappa shape index (κ3) is 2.85. The maximum Gasteiger partial charge on any atom is 0.325 e. The fraction of sp³-hybridized carbons (Fsp3) is 0.188. The van der Waals surface area contributed by atoms with Crippen LogP contribution in [0, 0.1) is 0 Å². The van der Waals surface area contributed by atoms with E-state index in [4.69, 9.17) is 16.0 Å². The fourth-order valence-corrected chi connectivity index (χ4v) is 2.57. The van der Waals surface area contributed by atoms with Crippen molar-refractivity contribution >= 4 is 35.1 Å². The number of hydrogen-bond acceptors (Lipinski definition) is 4. The summed E-state index contributed by atoms with van der Waals surface area (Å²) in [6.07, 6.45) is 1.41. The van der Waals surface area contributed by atoms with Crippen molar-refractivity contribution in [2.24, 2.45) is 0 Å². The number of furan rings is 1. The number of amides is 4. The number of hydrogen-bond donors (Lipinski definition) is 2. The number of rotatable bonds is 4. The molecule has 0 radical (unpaired) electrons. The van der Waals surface area contributed by atoms with Crippen LogP contribution in [-0.4, -0.2) is 29.3 Å². The van der Waals surface area contributed by atoms with E-state index in [0.717, 1.165) is 4.90 Å². The van der Waals surface area contributed by atoms with Crippen molar-refractivity contribution in [1.29, 1.82) is 0 Å². The van der Waals surface area contributed by atoms with Crippen LogP contribution in [0.2, 0.25) is 5.02 Å². The molecule has 1 aromatic heterocycles. The van der Waals surface area contributed by atoms with Gasteiger partial charge in [0.15, 0.2) is 5.54 Å². The van der Waals surface area contributed by atoms with E-state index in [-0.39, 0.29) is 0 Å². The molecule has 8 heteroatoms. The predicted octanol–water partition coefficient (Wildman–Crippen LogP) is 2.34. The summed E-state index contributed by atoms with van der Waals surface area (Å²) in [5.41, 5.74) is -0.800. The molecule has 1 aliphatic heterocycles. The first-order valence-corrected chi connectivity index (χ1v) is 7.51. The number of urea groups is 1. The Hall–Kier alpha value is -2.80. The van der Waals surface area contributed by atoms with E-state index in [1.807, 2.05) is 0 Å². The minimum absolute atomic E-state index is 0.307. The monoisotopic (exact) mass is 347 g/mol. The third-order valence-electron chi connectivity index (χ3n) is 3.72. The maximum atomic E-state index is 12.6. The maximum absolute atomic E-state index is 12.6. The number of imide groups is 1. The highest BCUT2D eigenvalue weighted by atomic mass is 35.5. The average Bonchev–Trinajstić information content (AvgIpc) is 3.14. The predicted molar refractivity (Wildman–Crippen MR) is 86.4 cm³/mol. The molecule has 1 aliphatic rings. The second-order valence-corrected chi connectivity index (χ2v) is 5.92. The van der Waals surface area contributed by atoms with E-state index in [1.54, 1.807) is 36.4 Å². The van der Waals surface area contributed by atoms with Gasteiger partial charge in [-0.05, 0) is 43.3 Å². The number of halogens is 1. The van der Waals surface area contributed by atoms with Crippen LogP contribution >= 0.6 is 11.6 Å². The molecule has 4 amide bonds. The van der Waals surface area contributed by atoms with E-state index in [9.17, 15) is 14.4 Å². The molecule has 3 rings (SSSR count). The molecule has 1 fully saturated rings. The second kappa shape index (κ2) is 6.01. The second-order valence-electron chi connectivity index (χ2n) is 5.48. The molecule has 0 saturated carbocycles. The lowest BCUT2D eigenvalue weighted by atomic mass is 9.99. The van der Waals surface area contributed by atoms with E-state index >= 15 is 0 Å². The summed E-state index contributed by atoms with van der Waals surface area (Å²) < 4.78 is 5.22. The Morgan fingerprint density at radius 3 is 2.62 bits per heavy atom. The van der Waals surface area contributed by atoms with Gasteiger partial charge in [0.2, 0.25) is 5.91 Å². The molecule has 124 valence electrons. The van der Waals surface area contributed by atoms with Crippen molar-refractivity contribution in [1.82, 2.24) is 10.2 Å². The minimum Gasteiger partial charge on any atom is -0.466 e. The zero-order chi connectivity index (χ0) is 17.3. The molecule has 24 heavy (non-hydrogen) atoms. The Bertz CT molecular complexity index is 788. The summed E-state index contributed by atoms with van der Waals surface area (Å²) in [7, 11) is 0. The van der Waals surface area contributed by atoms with Crippen LogP contribution < -0.4 is 10.6 Å². The van der Waals surface area contributed by atoms with Crippen LogP contribution in [0.25, 0.3) is 0 Å². The lowest BCUT2D eigenvalue weighted by Gasteiger charge is -2.18. The van der Waals surface area contributed by atoms with Crippen LogP contribution in [0.5, 0.6) is 0 Å². The Kier molecular flexibility index (Phi) is 4.02. The van der Waals surface area contributed by atoms with Crippen molar-refractivity contribution in [3.63, 3.8) is 0 Å². The van der Waals surface area contributed by atoms with Crippen molar-refractivity contribution < 1.29 is 18.8 Å². The molecule has 2 N–H and O–H groups in total. The summed E-state index contributed by atoms with van der Waals surface area (Å²) in [5.74, 6) is -0.736. The van der Waals surface area contributed by atoms with Gasteiger partial charge >= 0.3 is 6.03 Å². The number of benzene rings is 1. The molecule has 0 aliphatic carbocycles. The quantitative estimate of drug-likeness (QED) is 0.830. The molecular weight excluding hydrogens is 334 g/mol. The summed E-state index contributed by atoms with van der Waals surface area (Å²) in [5, 5.41) is 5.70. The normalized spacial score (nSPS) is 20.2. The van der Waals surface area contributed by atoms with Gasteiger partial charge in [0.05, 0.1) is 6.26 Å². The van der Waals surface area contributed by atoms with Gasteiger partial charge in [-0.3, -0.25) is 14.5 Å². The van der Waals surface area contributed by atoms with Gasteiger partial charge in [-0.1, -0.05) is 11.6 Å². The van der Waals surface area contributed by atoms with E-state index in [1.165, 1.54) is 13.2 Å². The molecule has 0 spiro atoms. The highest BCUT2D eigenvalue weighted by molar-refractivity contribution is 6.30. The first-order chi connectivity index (χ1) is 11.4. The molecule has 2 aromatic rings. The summed E-state index contributed by atoms with van der Waals surface area (Å²) in [6, 6.07) is 9.06. The number of carbonyl (C=O) groups excluding carboxylic acids is 3. The molecule has 1 saturated heterocycles. The highest BCUT2D eigenvalue weighted by Crippen LogP contribution is 2.28. The number of nitrogens with zero attached hydrogens (tertiary/aromatic N) is 1.